The number of carboxylic acids is 1. The zero-order chi connectivity index (χ0) is 24.8. The van der Waals surface area contributed by atoms with Crippen molar-refractivity contribution in [1.29, 1.82) is 0 Å². The van der Waals surface area contributed by atoms with E-state index < -0.39 is 33.9 Å². The number of nitrogens with one attached hydrogen (secondary N) is 1. The lowest BCUT2D eigenvalue weighted by molar-refractivity contribution is -0.138. The molecule has 0 aromatic carbocycles. The molecule has 2 N–H and O–H groups in total. The number of hydrogen-bond acceptors (Lipinski definition) is 7. The van der Waals surface area contributed by atoms with Crippen LogP contribution in [0.1, 0.15) is 32.2 Å². The first-order valence-corrected chi connectivity index (χ1v) is 11.1. The Kier molecular flexibility index (Phi) is 8.63. The monoisotopic (exact) mass is 500 g/mol. The smallest absolute Gasteiger partial charge is 0.412 e. The number of aliphatic carboxylic acids is 1. The van der Waals surface area contributed by atoms with Gasteiger partial charge in [0.1, 0.15) is 22.1 Å². The van der Waals surface area contributed by atoms with Gasteiger partial charge in [0.05, 0.1) is 11.3 Å². The molecule has 12 heteroatoms. The topological polar surface area (TPSA) is 88.0 Å². The normalized spacial score (nSPS) is 13.3. The molecule has 2 heterocycles. The van der Waals surface area contributed by atoms with Crippen LogP contribution < -0.4 is 5.32 Å². The number of halogens is 4. The summed E-state index contributed by atoms with van der Waals surface area (Å²) < 4.78 is 51.7. The Balaban J connectivity index is 1.99. The highest BCUT2D eigenvalue weighted by Crippen LogP contribution is 2.34. The number of aromatic nitrogens is 3. The third-order valence-corrected chi connectivity index (χ3v) is 6.34. The Labute approximate surface area is 196 Å². The van der Waals surface area contributed by atoms with Gasteiger partial charge in [-0.1, -0.05) is 17.7 Å². The summed E-state index contributed by atoms with van der Waals surface area (Å²) in [4.78, 5) is 15.6. The standard InChI is InChI=1S/C21H20F4N4O2S2/c1-5-14(15(22)10-12(2)21(23,24)25)16-6-7-17(29-28-16)26-9-8-13-11-32-19(27-13)33-20(3,4)18(30)31/h1,6-7,10-11H,8-9H2,2-4H3,(H,26,29)(H,30,31)/b12-10+,15-14-. The number of carboxylic acid groups (broad SMARTS) is 1. The fraction of sp³-hybridized carbons (Fsp3) is 0.333. The quantitative estimate of drug-likeness (QED) is 0.207. The van der Waals surface area contributed by atoms with E-state index in [-0.39, 0.29) is 5.69 Å². The number of thioether (sulfide) groups is 1. The molecule has 0 aliphatic carbocycles. The Morgan fingerprint density at radius 2 is 2.03 bits per heavy atom. The molecular weight excluding hydrogens is 480 g/mol. The summed E-state index contributed by atoms with van der Waals surface area (Å²) in [5.41, 5.74) is -0.871. The maximum absolute atomic E-state index is 14.2. The van der Waals surface area contributed by atoms with Gasteiger partial charge in [-0.15, -0.1) is 28.0 Å². The summed E-state index contributed by atoms with van der Waals surface area (Å²) in [5, 5.41) is 21.7. The van der Waals surface area contributed by atoms with Crippen LogP contribution in [-0.4, -0.2) is 43.7 Å². The average molecular weight is 501 g/mol. The van der Waals surface area contributed by atoms with Crippen molar-refractivity contribution in [3.8, 4) is 12.3 Å². The van der Waals surface area contributed by atoms with Gasteiger partial charge in [0, 0.05) is 23.9 Å². The zero-order valence-corrected chi connectivity index (χ0v) is 19.5. The van der Waals surface area contributed by atoms with E-state index in [1.807, 2.05) is 11.3 Å². The van der Waals surface area contributed by atoms with Gasteiger partial charge in [0.2, 0.25) is 0 Å². The van der Waals surface area contributed by atoms with Crippen LogP contribution in [0, 0.1) is 12.3 Å². The second-order valence-corrected chi connectivity index (χ2v) is 9.92. The predicted molar refractivity (Wildman–Crippen MR) is 121 cm³/mol. The molecule has 0 unspecified atom stereocenters. The largest absolute Gasteiger partial charge is 0.480 e. The molecular formula is C21H20F4N4O2S2. The van der Waals surface area contributed by atoms with Gasteiger partial charge in [0.15, 0.2) is 4.34 Å². The van der Waals surface area contributed by atoms with Crippen LogP contribution in [0.25, 0.3) is 5.57 Å². The number of allylic oxidation sites excluding steroid dienone is 4. The minimum atomic E-state index is -4.67. The number of anilines is 1. The Bertz CT molecular complexity index is 1100. The molecule has 0 spiro atoms. The predicted octanol–water partition coefficient (Wildman–Crippen LogP) is 5.37. The fourth-order valence-corrected chi connectivity index (χ4v) is 4.43. The van der Waals surface area contributed by atoms with Gasteiger partial charge in [-0.2, -0.15) is 13.2 Å². The van der Waals surface area contributed by atoms with Crippen LogP contribution in [-0.2, 0) is 11.2 Å². The molecule has 0 amide bonds. The van der Waals surface area contributed by atoms with E-state index in [1.54, 1.807) is 13.8 Å². The number of terminal acetylenes is 1. The average Bonchev–Trinajstić information content (AvgIpc) is 3.15. The third kappa shape index (κ3) is 7.57. The van der Waals surface area contributed by atoms with E-state index in [0.717, 1.165) is 12.6 Å². The molecule has 176 valence electrons. The number of hydrogen-bond donors (Lipinski definition) is 2. The van der Waals surface area contributed by atoms with Crippen molar-refractivity contribution in [3.63, 3.8) is 0 Å². The highest BCUT2D eigenvalue weighted by molar-refractivity contribution is 8.02. The van der Waals surface area contributed by atoms with Crippen LogP contribution in [0.5, 0.6) is 0 Å². The van der Waals surface area contributed by atoms with Crippen molar-refractivity contribution >= 4 is 40.5 Å². The molecule has 6 nitrogen and oxygen atoms in total. The molecule has 0 aliphatic rings. The second kappa shape index (κ2) is 10.8. The van der Waals surface area contributed by atoms with Crippen molar-refractivity contribution < 1.29 is 27.5 Å². The van der Waals surface area contributed by atoms with Crippen molar-refractivity contribution in [3.05, 3.63) is 46.4 Å². The van der Waals surface area contributed by atoms with Crippen LogP contribution in [0.3, 0.4) is 0 Å². The minimum absolute atomic E-state index is 0.0750. The molecule has 2 rings (SSSR count). The molecule has 2 aromatic heterocycles. The molecule has 0 saturated carbocycles. The van der Waals surface area contributed by atoms with Crippen molar-refractivity contribution in [2.24, 2.45) is 0 Å². The van der Waals surface area contributed by atoms with E-state index in [2.05, 4.69) is 20.5 Å². The summed E-state index contributed by atoms with van der Waals surface area (Å²) in [7, 11) is 0. The second-order valence-electron chi connectivity index (χ2n) is 7.20. The van der Waals surface area contributed by atoms with Gasteiger partial charge in [-0.25, -0.2) is 9.37 Å². The molecule has 33 heavy (non-hydrogen) atoms. The zero-order valence-electron chi connectivity index (χ0n) is 17.8. The number of rotatable bonds is 9. The maximum Gasteiger partial charge on any atom is 0.412 e. The number of nitrogens with zero attached hydrogens (tertiary/aromatic N) is 3. The molecule has 0 radical (unpaired) electrons. The van der Waals surface area contributed by atoms with Crippen molar-refractivity contribution in [1.82, 2.24) is 15.2 Å². The molecule has 0 saturated heterocycles. The third-order valence-electron chi connectivity index (χ3n) is 4.17. The summed E-state index contributed by atoms with van der Waals surface area (Å²) >= 11 is 2.52. The van der Waals surface area contributed by atoms with Crippen LogP contribution >= 0.6 is 23.1 Å². The molecule has 0 atom stereocenters. The summed E-state index contributed by atoms with van der Waals surface area (Å²) in [6.45, 7) is 4.38. The Hall–Kier alpha value is -2.91. The SMILES string of the molecule is C#C/C(=C(F)\C=C(/C)C(F)(F)F)c1ccc(NCCc2csc(SC(C)(C)C(=O)O)n2)nn1. The van der Waals surface area contributed by atoms with Crippen LogP contribution in [0.4, 0.5) is 23.4 Å². The van der Waals surface area contributed by atoms with Gasteiger partial charge in [-0.05, 0) is 39.0 Å². The summed E-state index contributed by atoms with van der Waals surface area (Å²) in [6, 6.07) is 2.83. The first-order chi connectivity index (χ1) is 15.3. The van der Waals surface area contributed by atoms with Crippen molar-refractivity contribution in [2.75, 3.05) is 11.9 Å². The first kappa shape index (κ1) is 26.3. The molecule has 0 fully saturated rings. The Morgan fingerprint density at radius 3 is 2.58 bits per heavy atom. The number of alkyl halides is 3. The Morgan fingerprint density at radius 1 is 1.33 bits per heavy atom. The van der Waals surface area contributed by atoms with E-state index in [4.69, 9.17) is 6.42 Å². The lowest BCUT2D eigenvalue weighted by Crippen LogP contribution is -2.26. The van der Waals surface area contributed by atoms with E-state index in [9.17, 15) is 27.5 Å². The number of carbonyl (C=O) groups is 1. The van der Waals surface area contributed by atoms with E-state index in [0.29, 0.717) is 29.2 Å². The molecule has 0 bridgehead atoms. The van der Waals surface area contributed by atoms with E-state index >= 15 is 0 Å². The molecule has 2 aromatic rings. The van der Waals surface area contributed by atoms with E-state index in [1.165, 1.54) is 35.2 Å². The lowest BCUT2D eigenvalue weighted by atomic mass is 10.1. The first-order valence-electron chi connectivity index (χ1n) is 9.40. The lowest BCUT2D eigenvalue weighted by Gasteiger charge is -2.15. The summed E-state index contributed by atoms with van der Waals surface area (Å²) in [5.74, 6) is 0.205. The summed E-state index contributed by atoms with van der Waals surface area (Å²) in [6.07, 6.45) is 1.43. The maximum atomic E-state index is 14.2. The minimum Gasteiger partial charge on any atom is -0.480 e. The number of thiazole rings is 1. The molecule has 0 aliphatic heterocycles. The van der Waals surface area contributed by atoms with Crippen LogP contribution in [0.2, 0.25) is 0 Å². The van der Waals surface area contributed by atoms with Gasteiger partial charge >= 0.3 is 12.1 Å². The highest BCUT2D eigenvalue weighted by Gasteiger charge is 2.31. The van der Waals surface area contributed by atoms with Crippen LogP contribution in [0.15, 0.2) is 39.3 Å². The van der Waals surface area contributed by atoms with Gasteiger partial charge < -0.3 is 10.4 Å². The highest BCUT2D eigenvalue weighted by atomic mass is 32.2. The fourth-order valence-electron chi connectivity index (χ4n) is 2.20. The van der Waals surface area contributed by atoms with Gasteiger partial charge in [-0.3, -0.25) is 4.79 Å². The van der Waals surface area contributed by atoms with Crippen molar-refractivity contribution in [2.45, 2.75) is 42.5 Å². The van der Waals surface area contributed by atoms with Gasteiger partial charge in [0.25, 0.3) is 0 Å².